The smallest absolute Gasteiger partial charge is 0.310 e. The molecule has 0 spiro atoms. The SMILES string of the molecule is CCCOC(=O)Cc1ccc(C(C)(C)C)cc1. The Hall–Kier alpha value is -1.31. The summed E-state index contributed by atoms with van der Waals surface area (Å²) in [6, 6.07) is 8.19. The highest BCUT2D eigenvalue weighted by molar-refractivity contribution is 5.72. The van der Waals surface area contributed by atoms with E-state index in [9.17, 15) is 4.79 Å². The molecule has 0 aromatic heterocycles. The molecule has 0 saturated heterocycles. The lowest BCUT2D eigenvalue weighted by atomic mass is 9.86. The molecule has 2 heteroatoms. The van der Waals surface area contributed by atoms with E-state index in [2.05, 4.69) is 32.9 Å². The first-order chi connectivity index (χ1) is 7.93. The van der Waals surface area contributed by atoms with Crippen molar-refractivity contribution in [3.8, 4) is 0 Å². The molecular formula is C15H22O2. The third-order valence-corrected chi connectivity index (χ3v) is 2.64. The second-order valence-corrected chi connectivity index (χ2v) is 5.34. The Balaban J connectivity index is 2.60. The summed E-state index contributed by atoms with van der Waals surface area (Å²) in [6.07, 6.45) is 1.24. The molecular weight excluding hydrogens is 212 g/mol. The largest absolute Gasteiger partial charge is 0.465 e. The van der Waals surface area contributed by atoms with Crippen LogP contribution in [0.4, 0.5) is 0 Å². The molecule has 17 heavy (non-hydrogen) atoms. The molecule has 0 aliphatic carbocycles. The topological polar surface area (TPSA) is 26.3 Å². The lowest BCUT2D eigenvalue weighted by Gasteiger charge is -2.19. The molecule has 0 amide bonds. The van der Waals surface area contributed by atoms with Gasteiger partial charge >= 0.3 is 5.97 Å². The molecule has 0 fully saturated rings. The summed E-state index contributed by atoms with van der Waals surface area (Å²) >= 11 is 0. The first kappa shape index (κ1) is 13.8. The van der Waals surface area contributed by atoms with Gasteiger partial charge in [-0.15, -0.1) is 0 Å². The molecule has 0 aliphatic heterocycles. The van der Waals surface area contributed by atoms with E-state index in [-0.39, 0.29) is 11.4 Å². The van der Waals surface area contributed by atoms with Crippen LogP contribution in [-0.2, 0) is 21.4 Å². The summed E-state index contributed by atoms with van der Waals surface area (Å²) in [5.41, 5.74) is 2.45. The fraction of sp³-hybridized carbons (Fsp3) is 0.533. The fourth-order valence-electron chi connectivity index (χ4n) is 1.56. The van der Waals surface area contributed by atoms with Gasteiger partial charge in [-0.1, -0.05) is 52.0 Å². The van der Waals surface area contributed by atoms with Crippen molar-refractivity contribution in [1.82, 2.24) is 0 Å². The number of carbonyl (C=O) groups is 1. The van der Waals surface area contributed by atoms with Gasteiger partial charge in [0.2, 0.25) is 0 Å². The highest BCUT2D eigenvalue weighted by Gasteiger charge is 2.13. The lowest BCUT2D eigenvalue weighted by Crippen LogP contribution is -2.12. The molecule has 0 aliphatic rings. The summed E-state index contributed by atoms with van der Waals surface area (Å²) < 4.78 is 5.05. The van der Waals surface area contributed by atoms with Crippen molar-refractivity contribution in [3.63, 3.8) is 0 Å². The highest BCUT2D eigenvalue weighted by atomic mass is 16.5. The molecule has 94 valence electrons. The van der Waals surface area contributed by atoms with Crippen LogP contribution in [0.1, 0.15) is 45.2 Å². The maximum absolute atomic E-state index is 11.4. The predicted molar refractivity (Wildman–Crippen MR) is 70.1 cm³/mol. The van der Waals surface area contributed by atoms with Crippen LogP contribution in [0.25, 0.3) is 0 Å². The molecule has 0 unspecified atom stereocenters. The van der Waals surface area contributed by atoms with E-state index in [1.807, 2.05) is 19.1 Å². The van der Waals surface area contributed by atoms with Crippen LogP contribution in [0.3, 0.4) is 0 Å². The first-order valence-corrected chi connectivity index (χ1v) is 6.18. The molecule has 1 rings (SSSR count). The standard InChI is InChI=1S/C15H22O2/c1-5-10-17-14(16)11-12-6-8-13(9-7-12)15(2,3)4/h6-9H,5,10-11H2,1-4H3. The number of carbonyl (C=O) groups excluding carboxylic acids is 1. The summed E-state index contributed by atoms with van der Waals surface area (Å²) in [6.45, 7) is 9.04. The maximum atomic E-state index is 11.4. The van der Waals surface area contributed by atoms with Gasteiger partial charge in [0.15, 0.2) is 0 Å². The zero-order chi connectivity index (χ0) is 12.9. The van der Waals surface area contributed by atoms with Crippen molar-refractivity contribution in [2.45, 2.75) is 46.0 Å². The molecule has 0 bridgehead atoms. The van der Waals surface area contributed by atoms with E-state index in [0.29, 0.717) is 13.0 Å². The zero-order valence-corrected chi connectivity index (χ0v) is 11.2. The van der Waals surface area contributed by atoms with E-state index in [1.54, 1.807) is 0 Å². The molecule has 0 saturated carbocycles. The minimum absolute atomic E-state index is 0.143. The number of rotatable bonds is 4. The third kappa shape index (κ3) is 4.59. The second kappa shape index (κ2) is 5.85. The van der Waals surface area contributed by atoms with Crippen LogP contribution in [0.2, 0.25) is 0 Å². The molecule has 1 aromatic carbocycles. The Kier molecular flexibility index (Phi) is 4.73. The van der Waals surface area contributed by atoms with Gasteiger partial charge in [0.25, 0.3) is 0 Å². The predicted octanol–water partition coefficient (Wildman–Crippen LogP) is 3.48. The molecule has 2 nitrogen and oxygen atoms in total. The monoisotopic (exact) mass is 234 g/mol. The number of hydrogen-bond donors (Lipinski definition) is 0. The minimum atomic E-state index is -0.143. The number of benzene rings is 1. The van der Waals surface area contributed by atoms with Gasteiger partial charge in [-0.2, -0.15) is 0 Å². The van der Waals surface area contributed by atoms with Crippen molar-refractivity contribution >= 4 is 5.97 Å². The summed E-state index contributed by atoms with van der Waals surface area (Å²) in [5, 5.41) is 0. The Morgan fingerprint density at radius 1 is 1.18 bits per heavy atom. The highest BCUT2D eigenvalue weighted by Crippen LogP contribution is 2.22. The number of hydrogen-bond acceptors (Lipinski definition) is 2. The van der Waals surface area contributed by atoms with Gasteiger partial charge in [-0.3, -0.25) is 4.79 Å². The summed E-state index contributed by atoms with van der Waals surface area (Å²) in [4.78, 5) is 11.4. The van der Waals surface area contributed by atoms with Crippen molar-refractivity contribution in [2.24, 2.45) is 0 Å². The molecule has 0 radical (unpaired) electrons. The van der Waals surface area contributed by atoms with Crippen molar-refractivity contribution in [2.75, 3.05) is 6.61 Å². The second-order valence-electron chi connectivity index (χ2n) is 5.34. The minimum Gasteiger partial charge on any atom is -0.465 e. The van der Waals surface area contributed by atoms with Crippen LogP contribution in [-0.4, -0.2) is 12.6 Å². The van der Waals surface area contributed by atoms with Crippen molar-refractivity contribution in [3.05, 3.63) is 35.4 Å². The van der Waals surface area contributed by atoms with E-state index in [0.717, 1.165) is 12.0 Å². The van der Waals surface area contributed by atoms with Gasteiger partial charge in [0, 0.05) is 0 Å². The fourth-order valence-corrected chi connectivity index (χ4v) is 1.56. The lowest BCUT2D eigenvalue weighted by molar-refractivity contribution is -0.142. The Morgan fingerprint density at radius 2 is 1.76 bits per heavy atom. The first-order valence-electron chi connectivity index (χ1n) is 6.18. The van der Waals surface area contributed by atoms with Gasteiger partial charge in [-0.25, -0.2) is 0 Å². The van der Waals surface area contributed by atoms with Crippen LogP contribution in [0.5, 0.6) is 0 Å². The molecule has 1 aromatic rings. The molecule has 0 atom stereocenters. The van der Waals surface area contributed by atoms with Crippen molar-refractivity contribution < 1.29 is 9.53 Å². The number of ether oxygens (including phenoxy) is 1. The van der Waals surface area contributed by atoms with E-state index in [4.69, 9.17) is 4.74 Å². The average molecular weight is 234 g/mol. The summed E-state index contributed by atoms with van der Waals surface area (Å²) in [5.74, 6) is -0.143. The van der Waals surface area contributed by atoms with Gasteiger partial charge in [0.05, 0.1) is 13.0 Å². The van der Waals surface area contributed by atoms with E-state index in [1.165, 1.54) is 5.56 Å². The van der Waals surface area contributed by atoms with Crippen molar-refractivity contribution in [1.29, 1.82) is 0 Å². The van der Waals surface area contributed by atoms with Gasteiger partial charge < -0.3 is 4.74 Å². The van der Waals surface area contributed by atoms with Crippen LogP contribution in [0.15, 0.2) is 24.3 Å². The molecule has 0 N–H and O–H groups in total. The maximum Gasteiger partial charge on any atom is 0.310 e. The van der Waals surface area contributed by atoms with Crippen LogP contribution < -0.4 is 0 Å². The quantitative estimate of drug-likeness (QED) is 0.745. The zero-order valence-electron chi connectivity index (χ0n) is 11.2. The Morgan fingerprint density at radius 3 is 2.24 bits per heavy atom. The van der Waals surface area contributed by atoms with E-state index >= 15 is 0 Å². The van der Waals surface area contributed by atoms with E-state index < -0.39 is 0 Å². The molecule has 0 heterocycles. The number of esters is 1. The van der Waals surface area contributed by atoms with Gasteiger partial charge in [0.1, 0.15) is 0 Å². The Bertz CT molecular complexity index is 358. The Labute approximate surface area is 104 Å². The van der Waals surface area contributed by atoms with Crippen LogP contribution in [0, 0.1) is 0 Å². The average Bonchev–Trinajstić information content (AvgIpc) is 2.26. The third-order valence-electron chi connectivity index (χ3n) is 2.64. The normalized spacial score (nSPS) is 11.3. The summed E-state index contributed by atoms with van der Waals surface area (Å²) in [7, 11) is 0. The van der Waals surface area contributed by atoms with Crippen LogP contribution >= 0.6 is 0 Å². The van der Waals surface area contributed by atoms with Gasteiger partial charge in [-0.05, 0) is 23.0 Å².